The van der Waals surface area contributed by atoms with Crippen LogP contribution in [-0.4, -0.2) is 43.4 Å². The van der Waals surface area contributed by atoms with Crippen molar-refractivity contribution in [2.75, 3.05) is 32.4 Å². The molecule has 0 aliphatic carbocycles. The molecule has 1 heterocycles. The lowest BCUT2D eigenvalue weighted by Gasteiger charge is -2.21. The molecule has 1 fully saturated rings. The number of rotatable bonds is 3. The van der Waals surface area contributed by atoms with Gasteiger partial charge in [-0.15, -0.1) is 0 Å². The van der Waals surface area contributed by atoms with E-state index in [1.165, 1.54) is 13.0 Å². The summed E-state index contributed by atoms with van der Waals surface area (Å²) in [6.07, 6.45) is 1.30. The average molecular weight is 160 g/mol. The molecule has 2 nitrogen and oxygen atoms in total. The predicted octanol–water partition coefficient (Wildman–Crippen LogP) is 0.210. The van der Waals surface area contributed by atoms with Crippen molar-refractivity contribution in [1.82, 2.24) is 10.2 Å². The second kappa shape index (κ2) is 4.21. The Kier molecular flexibility index (Phi) is 3.52. The van der Waals surface area contributed by atoms with Crippen molar-refractivity contribution in [2.24, 2.45) is 0 Å². The molecule has 60 valence electrons. The third kappa shape index (κ3) is 2.15. The third-order valence-corrected chi connectivity index (χ3v) is 2.31. The topological polar surface area (TPSA) is 15.3 Å². The van der Waals surface area contributed by atoms with E-state index in [1.807, 2.05) is 0 Å². The van der Waals surface area contributed by atoms with Gasteiger partial charge in [-0.25, -0.2) is 0 Å². The lowest BCUT2D eigenvalue weighted by atomic mass is 10.2. The summed E-state index contributed by atoms with van der Waals surface area (Å²) in [4.78, 5) is 2.38. The number of nitrogens with one attached hydrogen (secondary N) is 1. The molecule has 1 N–H and O–H groups in total. The van der Waals surface area contributed by atoms with Crippen molar-refractivity contribution in [2.45, 2.75) is 12.5 Å². The molecule has 10 heavy (non-hydrogen) atoms. The SMILES string of the molecule is CN(CCS)C1CCNC1. The summed E-state index contributed by atoms with van der Waals surface area (Å²) in [6, 6.07) is 0.757. The van der Waals surface area contributed by atoms with E-state index in [0.717, 1.165) is 24.9 Å². The van der Waals surface area contributed by atoms with E-state index in [9.17, 15) is 0 Å². The fourth-order valence-corrected chi connectivity index (χ4v) is 1.67. The van der Waals surface area contributed by atoms with E-state index in [2.05, 4.69) is 29.9 Å². The molecule has 0 radical (unpaired) electrons. The zero-order valence-corrected chi connectivity index (χ0v) is 7.40. The zero-order valence-electron chi connectivity index (χ0n) is 6.51. The van der Waals surface area contributed by atoms with Crippen LogP contribution in [0.25, 0.3) is 0 Å². The molecule has 0 aromatic carbocycles. The molecule has 1 saturated heterocycles. The van der Waals surface area contributed by atoms with E-state index in [0.29, 0.717) is 0 Å². The Hall–Kier alpha value is 0.270. The maximum atomic E-state index is 4.19. The Bertz CT molecular complexity index is 91.6. The minimum Gasteiger partial charge on any atom is -0.315 e. The van der Waals surface area contributed by atoms with Crippen molar-refractivity contribution < 1.29 is 0 Å². The van der Waals surface area contributed by atoms with Crippen molar-refractivity contribution in [3.8, 4) is 0 Å². The molecule has 1 aliphatic rings. The Balaban J connectivity index is 2.18. The Labute approximate surface area is 68.4 Å². The van der Waals surface area contributed by atoms with Gasteiger partial charge in [-0.3, -0.25) is 0 Å². The molecule has 0 bridgehead atoms. The Morgan fingerprint density at radius 3 is 3.00 bits per heavy atom. The smallest absolute Gasteiger partial charge is 0.0230 e. The van der Waals surface area contributed by atoms with Gasteiger partial charge in [0.05, 0.1) is 0 Å². The number of thiol groups is 1. The van der Waals surface area contributed by atoms with Crippen LogP contribution in [0.2, 0.25) is 0 Å². The van der Waals surface area contributed by atoms with Crippen molar-refractivity contribution >= 4 is 12.6 Å². The van der Waals surface area contributed by atoms with Crippen LogP contribution in [0, 0.1) is 0 Å². The van der Waals surface area contributed by atoms with Crippen molar-refractivity contribution in [3.05, 3.63) is 0 Å². The molecule has 0 amide bonds. The molecule has 1 atom stereocenters. The number of likely N-dealkylation sites (N-methyl/N-ethyl adjacent to an activating group) is 1. The average Bonchev–Trinajstić information content (AvgIpc) is 2.38. The highest BCUT2D eigenvalue weighted by molar-refractivity contribution is 7.80. The van der Waals surface area contributed by atoms with Gasteiger partial charge in [0.15, 0.2) is 0 Å². The monoisotopic (exact) mass is 160 g/mol. The van der Waals surface area contributed by atoms with E-state index in [1.54, 1.807) is 0 Å². The van der Waals surface area contributed by atoms with Crippen LogP contribution in [0.3, 0.4) is 0 Å². The van der Waals surface area contributed by atoms with Crippen molar-refractivity contribution in [1.29, 1.82) is 0 Å². The first-order valence-corrected chi connectivity index (χ1v) is 4.49. The van der Waals surface area contributed by atoms with Crippen LogP contribution in [0.15, 0.2) is 0 Å². The lowest BCUT2D eigenvalue weighted by Crippen LogP contribution is -2.34. The summed E-state index contributed by atoms with van der Waals surface area (Å²) in [7, 11) is 2.17. The Morgan fingerprint density at radius 2 is 2.50 bits per heavy atom. The summed E-state index contributed by atoms with van der Waals surface area (Å²) < 4.78 is 0. The van der Waals surface area contributed by atoms with Crippen LogP contribution in [0.4, 0.5) is 0 Å². The second-order valence-electron chi connectivity index (χ2n) is 2.85. The minimum atomic E-state index is 0.757. The summed E-state index contributed by atoms with van der Waals surface area (Å²) in [5.74, 6) is 0.965. The summed E-state index contributed by atoms with van der Waals surface area (Å²) in [5, 5.41) is 3.35. The highest BCUT2D eigenvalue weighted by Gasteiger charge is 2.17. The molecule has 0 saturated carbocycles. The molecule has 1 rings (SSSR count). The van der Waals surface area contributed by atoms with Crippen LogP contribution < -0.4 is 5.32 Å². The van der Waals surface area contributed by atoms with Gasteiger partial charge in [-0.1, -0.05) is 0 Å². The van der Waals surface area contributed by atoms with Gasteiger partial charge in [0.25, 0.3) is 0 Å². The quantitative estimate of drug-likeness (QED) is 0.574. The van der Waals surface area contributed by atoms with Crippen LogP contribution in [0.1, 0.15) is 6.42 Å². The van der Waals surface area contributed by atoms with Crippen molar-refractivity contribution in [3.63, 3.8) is 0 Å². The summed E-state index contributed by atoms with van der Waals surface area (Å²) in [6.45, 7) is 3.45. The van der Waals surface area contributed by atoms with Gasteiger partial charge in [-0.05, 0) is 20.0 Å². The van der Waals surface area contributed by atoms with Gasteiger partial charge in [0.2, 0.25) is 0 Å². The molecule has 0 aromatic rings. The fraction of sp³-hybridized carbons (Fsp3) is 1.00. The van der Waals surface area contributed by atoms with Crippen LogP contribution in [0.5, 0.6) is 0 Å². The second-order valence-corrected chi connectivity index (χ2v) is 3.30. The van der Waals surface area contributed by atoms with E-state index >= 15 is 0 Å². The van der Waals surface area contributed by atoms with Crippen LogP contribution >= 0.6 is 12.6 Å². The molecule has 0 spiro atoms. The van der Waals surface area contributed by atoms with Crippen LogP contribution in [-0.2, 0) is 0 Å². The van der Waals surface area contributed by atoms with Gasteiger partial charge in [-0.2, -0.15) is 12.6 Å². The molecule has 1 aliphatic heterocycles. The van der Waals surface area contributed by atoms with E-state index < -0.39 is 0 Å². The third-order valence-electron chi connectivity index (χ3n) is 2.11. The predicted molar refractivity (Wildman–Crippen MR) is 47.8 cm³/mol. The minimum absolute atomic E-state index is 0.757. The summed E-state index contributed by atoms with van der Waals surface area (Å²) in [5.41, 5.74) is 0. The first-order valence-electron chi connectivity index (χ1n) is 3.86. The number of nitrogens with zero attached hydrogens (tertiary/aromatic N) is 1. The number of hydrogen-bond donors (Lipinski definition) is 2. The maximum absolute atomic E-state index is 4.19. The van der Waals surface area contributed by atoms with Gasteiger partial charge in [0.1, 0.15) is 0 Å². The first-order chi connectivity index (χ1) is 4.84. The summed E-state index contributed by atoms with van der Waals surface area (Å²) >= 11 is 4.19. The first kappa shape index (κ1) is 8.37. The highest BCUT2D eigenvalue weighted by atomic mass is 32.1. The molecular weight excluding hydrogens is 144 g/mol. The normalized spacial score (nSPS) is 26.1. The Morgan fingerprint density at radius 1 is 1.70 bits per heavy atom. The van der Waals surface area contributed by atoms with E-state index in [-0.39, 0.29) is 0 Å². The number of hydrogen-bond acceptors (Lipinski definition) is 3. The fourth-order valence-electron chi connectivity index (χ4n) is 1.36. The molecule has 0 aromatic heterocycles. The van der Waals surface area contributed by atoms with Gasteiger partial charge >= 0.3 is 0 Å². The maximum Gasteiger partial charge on any atom is 0.0230 e. The molecule has 3 heteroatoms. The van der Waals surface area contributed by atoms with Gasteiger partial charge in [0, 0.05) is 24.9 Å². The molecular formula is C7H16N2S. The molecule has 1 unspecified atom stereocenters. The lowest BCUT2D eigenvalue weighted by molar-refractivity contribution is 0.273. The standard InChI is InChI=1S/C7H16N2S/c1-9(4-5-10)7-2-3-8-6-7/h7-8,10H,2-6H2,1H3. The largest absolute Gasteiger partial charge is 0.315 e. The van der Waals surface area contributed by atoms with E-state index in [4.69, 9.17) is 0 Å². The highest BCUT2D eigenvalue weighted by Crippen LogP contribution is 2.05. The van der Waals surface area contributed by atoms with Gasteiger partial charge < -0.3 is 10.2 Å². The zero-order chi connectivity index (χ0) is 7.40.